The van der Waals surface area contributed by atoms with Crippen molar-refractivity contribution in [2.24, 2.45) is 0 Å². The first-order valence-corrected chi connectivity index (χ1v) is 6.38. The number of rotatable bonds is 2. The summed E-state index contributed by atoms with van der Waals surface area (Å²) >= 11 is 0. The van der Waals surface area contributed by atoms with Crippen LogP contribution in [0.4, 0.5) is 0 Å². The second kappa shape index (κ2) is 5.00. The van der Waals surface area contributed by atoms with Crippen molar-refractivity contribution < 1.29 is 9.84 Å². The van der Waals surface area contributed by atoms with Crippen LogP contribution in [-0.4, -0.2) is 60.5 Å². The predicted octanol–water partition coefficient (Wildman–Crippen LogP) is 0.210. The molecule has 4 nitrogen and oxygen atoms in total. The van der Waals surface area contributed by atoms with Crippen molar-refractivity contribution in [3.8, 4) is 0 Å². The van der Waals surface area contributed by atoms with Crippen LogP contribution in [0.25, 0.3) is 0 Å². The monoisotopic (exact) mass is 228 g/mol. The lowest BCUT2D eigenvalue weighted by molar-refractivity contribution is -0.0973. The summed E-state index contributed by atoms with van der Waals surface area (Å²) in [6.45, 7) is 8.77. The minimum Gasteiger partial charge on any atom is -0.388 e. The van der Waals surface area contributed by atoms with Crippen molar-refractivity contribution in [2.75, 3.05) is 32.7 Å². The highest BCUT2D eigenvalue weighted by Gasteiger charge is 2.33. The molecule has 16 heavy (non-hydrogen) atoms. The van der Waals surface area contributed by atoms with E-state index in [1.165, 1.54) is 0 Å². The minimum absolute atomic E-state index is 0.286. The first-order chi connectivity index (χ1) is 7.57. The van der Waals surface area contributed by atoms with Crippen LogP contribution in [0.5, 0.6) is 0 Å². The zero-order valence-corrected chi connectivity index (χ0v) is 10.4. The largest absolute Gasteiger partial charge is 0.388 e. The van der Waals surface area contributed by atoms with Gasteiger partial charge >= 0.3 is 0 Å². The molecule has 94 valence electrons. The highest BCUT2D eigenvalue weighted by Crippen LogP contribution is 2.21. The molecule has 2 aliphatic rings. The Morgan fingerprint density at radius 3 is 2.38 bits per heavy atom. The molecule has 0 amide bonds. The fourth-order valence-electron chi connectivity index (χ4n) is 2.88. The Kier molecular flexibility index (Phi) is 3.85. The molecule has 2 heterocycles. The van der Waals surface area contributed by atoms with Crippen LogP contribution in [0.1, 0.15) is 26.7 Å². The molecule has 0 aromatic heterocycles. The van der Waals surface area contributed by atoms with Crippen molar-refractivity contribution >= 4 is 0 Å². The molecule has 4 heteroatoms. The lowest BCUT2D eigenvalue weighted by atomic mass is 9.91. The number of nitrogens with one attached hydrogen (secondary N) is 1. The Balaban J connectivity index is 1.87. The molecule has 2 N–H and O–H groups in total. The highest BCUT2D eigenvalue weighted by molar-refractivity contribution is 4.89. The molecule has 2 saturated heterocycles. The van der Waals surface area contributed by atoms with Gasteiger partial charge in [0.2, 0.25) is 0 Å². The minimum atomic E-state index is -0.484. The highest BCUT2D eigenvalue weighted by atomic mass is 16.5. The van der Waals surface area contributed by atoms with Crippen molar-refractivity contribution in [1.29, 1.82) is 0 Å². The van der Waals surface area contributed by atoms with Gasteiger partial charge in [0.1, 0.15) is 0 Å². The van der Waals surface area contributed by atoms with E-state index in [2.05, 4.69) is 24.1 Å². The molecule has 0 bridgehead atoms. The maximum Gasteiger partial charge on any atom is 0.0798 e. The van der Waals surface area contributed by atoms with Gasteiger partial charge in [-0.25, -0.2) is 0 Å². The van der Waals surface area contributed by atoms with Gasteiger partial charge in [-0.05, 0) is 39.8 Å². The van der Waals surface area contributed by atoms with Crippen molar-refractivity contribution in [3.63, 3.8) is 0 Å². The van der Waals surface area contributed by atoms with Crippen LogP contribution in [0.15, 0.2) is 0 Å². The molecule has 0 saturated carbocycles. The Morgan fingerprint density at radius 2 is 1.81 bits per heavy atom. The fourth-order valence-corrected chi connectivity index (χ4v) is 2.88. The zero-order chi connectivity index (χ0) is 11.6. The first-order valence-electron chi connectivity index (χ1n) is 6.38. The fraction of sp³-hybridized carbons (Fsp3) is 1.00. The van der Waals surface area contributed by atoms with Gasteiger partial charge in [-0.3, -0.25) is 4.90 Å². The van der Waals surface area contributed by atoms with Gasteiger partial charge in [-0.15, -0.1) is 0 Å². The third kappa shape index (κ3) is 3.17. The molecular formula is C12H24N2O2. The second-order valence-corrected chi connectivity index (χ2v) is 5.43. The summed E-state index contributed by atoms with van der Waals surface area (Å²) < 4.78 is 5.70. The maximum absolute atomic E-state index is 10.5. The molecule has 0 aromatic carbocycles. The molecule has 2 fully saturated rings. The first kappa shape index (κ1) is 12.3. The van der Waals surface area contributed by atoms with Crippen LogP contribution in [0, 0.1) is 0 Å². The van der Waals surface area contributed by atoms with E-state index >= 15 is 0 Å². The van der Waals surface area contributed by atoms with E-state index in [4.69, 9.17) is 4.74 Å². The number of piperidine rings is 1. The van der Waals surface area contributed by atoms with Gasteiger partial charge in [-0.2, -0.15) is 0 Å². The van der Waals surface area contributed by atoms with Gasteiger partial charge < -0.3 is 15.2 Å². The van der Waals surface area contributed by atoms with Crippen molar-refractivity contribution in [2.45, 2.75) is 44.5 Å². The number of aliphatic hydroxyl groups is 1. The lowest BCUT2D eigenvalue weighted by Gasteiger charge is -2.41. The molecule has 2 aliphatic heterocycles. The third-order valence-electron chi connectivity index (χ3n) is 3.55. The van der Waals surface area contributed by atoms with Crippen LogP contribution in [-0.2, 0) is 4.74 Å². The number of β-amino-alcohol motifs (C(OH)–C–C–N with tert-alkyl or cyclic N) is 1. The standard InChI is InChI=1S/C12H24N2O2/c1-10-7-14(8-11(2)16-10)9-12(15)3-5-13-6-4-12/h10-11,13,15H,3-9H2,1-2H3. The Hall–Kier alpha value is -0.160. The van der Waals surface area contributed by atoms with Crippen molar-refractivity contribution in [3.05, 3.63) is 0 Å². The van der Waals surface area contributed by atoms with E-state index in [0.717, 1.165) is 45.6 Å². The average molecular weight is 228 g/mol. The number of ether oxygens (including phenoxy) is 1. The van der Waals surface area contributed by atoms with Crippen LogP contribution < -0.4 is 5.32 Å². The molecular weight excluding hydrogens is 204 g/mol. The van der Waals surface area contributed by atoms with E-state index in [9.17, 15) is 5.11 Å². The molecule has 2 atom stereocenters. The van der Waals surface area contributed by atoms with Gasteiger partial charge in [0.25, 0.3) is 0 Å². The molecule has 2 unspecified atom stereocenters. The number of nitrogens with zero attached hydrogens (tertiary/aromatic N) is 1. The third-order valence-corrected chi connectivity index (χ3v) is 3.55. The Morgan fingerprint density at radius 1 is 1.25 bits per heavy atom. The molecule has 2 rings (SSSR count). The Labute approximate surface area is 98.0 Å². The van der Waals surface area contributed by atoms with E-state index in [0.29, 0.717) is 0 Å². The predicted molar refractivity (Wildman–Crippen MR) is 63.5 cm³/mol. The van der Waals surface area contributed by atoms with Crippen LogP contribution in [0.3, 0.4) is 0 Å². The molecule has 0 aliphatic carbocycles. The van der Waals surface area contributed by atoms with Gasteiger partial charge in [0, 0.05) is 19.6 Å². The van der Waals surface area contributed by atoms with Gasteiger partial charge in [0.15, 0.2) is 0 Å². The van der Waals surface area contributed by atoms with Gasteiger partial charge in [0.05, 0.1) is 17.8 Å². The molecule has 0 spiro atoms. The summed E-state index contributed by atoms with van der Waals surface area (Å²) in [5.74, 6) is 0. The number of hydrogen-bond acceptors (Lipinski definition) is 4. The van der Waals surface area contributed by atoms with Crippen molar-refractivity contribution in [1.82, 2.24) is 10.2 Å². The second-order valence-electron chi connectivity index (χ2n) is 5.43. The maximum atomic E-state index is 10.5. The normalized spacial score (nSPS) is 36.2. The summed E-state index contributed by atoms with van der Waals surface area (Å²) in [4.78, 5) is 2.35. The topological polar surface area (TPSA) is 44.7 Å². The number of hydrogen-bond donors (Lipinski definition) is 2. The summed E-state index contributed by atoms with van der Waals surface area (Å²) in [6.07, 6.45) is 2.31. The van der Waals surface area contributed by atoms with Crippen LogP contribution in [0.2, 0.25) is 0 Å². The SMILES string of the molecule is CC1CN(CC2(O)CCNCC2)CC(C)O1. The van der Waals surface area contributed by atoms with Gasteiger partial charge in [-0.1, -0.05) is 0 Å². The lowest BCUT2D eigenvalue weighted by Crippen LogP contribution is -2.54. The summed E-state index contributed by atoms with van der Waals surface area (Å²) in [7, 11) is 0. The summed E-state index contributed by atoms with van der Waals surface area (Å²) in [5, 5.41) is 13.8. The Bertz CT molecular complexity index is 219. The van der Waals surface area contributed by atoms with E-state index in [1.54, 1.807) is 0 Å². The van der Waals surface area contributed by atoms with E-state index in [-0.39, 0.29) is 12.2 Å². The quantitative estimate of drug-likeness (QED) is 0.709. The smallest absolute Gasteiger partial charge is 0.0798 e. The summed E-state index contributed by atoms with van der Waals surface area (Å²) in [5.41, 5.74) is -0.484. The zero-order valence-electron chi connectivity index (χ0n) is 10.4. The molecule has 0 aromatic rings. The average Bonchev–Trinajstić information content (AvgIpc) is 2.15. The van der Waals surface area contributed by atoms with E-state index in [1.807, 2.05) is 0 Å². The van der Waals surface area contributed by atoms with E-state index < -0.39 is 5.60 Å². The number of morpholine rings is 1. The van der Waals surface area contributed by atoms with Crippen LogP contribution >= 0.6 is 0 Å². The molecule has 0 radical (unpaired) electrons. The summed E-state index contributed by atoms with van der Waals surface area (Å²) in [6, 6.07) is 0.